The van der Waals surface area contributed by atoms with Gasteiger partial charge in [-0.15, -0.1) is 0 Å². The van der Waals surface area contributed by atoms with Crippen LogP contribution in [0.1, 0.15) is 0 Å². The molecule has 0 amide bonds. The van der Waals surface area contributed by atoms with E-state index in [0.717, 1.165) is 0 Å². The summed E-state index contributed by atoms with van der Waals surface area (Å²) >= 11 is 0. The number of nitrogens with one attached hydrogen (secondary N) is 1. The molecule has 7 heteroatoms. The molecule has 3 N–H and O–H groups in total. The third kappa shape index (κ3) is 2.89. The molecule has 0 aliphatic rings. The van der Waals surface area contributed by atoms with Crippen molar-refractivity contribution in [2.75, 3.05) is 12.5 Å². The van der Waals surface area contributed by atoms with Gasteiger partial charge in [-0.1, -0.05) is 0 Å². The number of aromatic nitrogens is 1. The maximum Gasteiger partial charge on any atom is 0.258 e. The fraction of sp³-hybridized carbons (Fsp3) is 0.0833. The summed E-state index contributed by atoms with van der Waals surface area (Å²) in [5.41, 5.74) is 2.01. The first-order valence-electron chi connectivity index (χ1n) is 5.28. The molecule has 2 aromatic rings. The van der Waals surface area contributed by atoms with E-state index in [0.29, 0.717) is 17.6 Å². The molecule has 0 saturated heterocycles. The lowest BCUT2D eigenvalue weighted by Crippen LogP contribution is -2.11. The highest BCUT2D eigenvalue weighted by Crippen LogP contribution is 2.26. The molecule has 0 aliphatic carbocycles. The lowest BCUT2D eigenvalue weighted by Gasteiger charge is -2.08. The molecular weight excluding hydrogens is 256 g/mol. The van der Waals surface area contributed by atoms with Gasteiger partial charge in [0.2, 0.25) is 0 Å². The minimum Gasteiger partial charge on any atom is -0.497 e. The summed E-state index contributed by atoms with van der Waals surface area (Å²) in [6.45, 7) is 0. The summed E-state index contributed by atoms with van der Waals surface area (Å²) in [6.07, 6.45) is 0. The first-order chi connectivity index (χ1) is 9.13. The lowest BCUT2D eigenvalue weighted by atomic mass is 10.3. The Hall–Kier alpha value is -2.41. The van der Waals surface area contributed by atoms with Gasteiger partial charge >= 0.3 is 0 Å². The number of hydrogen-bond donors (Lipinski definition) is 2. The Morgan fingerprint density at radius 1 is 1.11 bits per heavy atom. The topological polar surface area (TPSA) is 69.4 Å². The van der Waals surface area contributed by atoms with Gasteiger partial charge in [0.05, 0.1) is 7.11 Å². The van der Waals surface area contributed by atoms with E-state index in [1.54, 1.807) is 24.3 Å². The molecular formula is C12H11F2N3O2. The Kier molecular flexibility index (Phi) is 3.76. The number of nitrogens with two attached hydrogens (primary N) is 1. The van der Waals surface area contributed by atoms with Crippen molar-refractivity contribution < 1.29 is 18.3 Å². The van der Waals surface area contributed by atoms with Crippen LogP contribution in [0.25, 0.3) is 0 Å². The molecule has 0 fully saturated rings. The maximum atomic E-state index is 13.5. The predicted molar refractivity (Wildman–Crippen MR) is 65.0 cm³/mol. The molecule has 0 saturated carbocycles. The SMILES string of the molecule is COc1ccc(Oc2nc(NN)c(F)cc2F)cc1. The van der Waals surface area contributed by atoms with Crippen LogP contribution in [0.15, 0.2) is 30.3 Å². The highest BCUT2D eigenvalue weighted by molar-refractivity contribution is 5.40. The summed E-state index contributed by atoms with van der Waals surface area (Å²) < 4.78 is 36.8. The van der Waals surface area contributed by atoms with E-state index in [4.69, 9.17) is 15.3 Å². The van der Waals surface area contributed by atoms with Crippen LogP contribution in [0.3, 0.4) is 0 Å². The van der Waals surface area contributed by atoms with Gasteiger partial charge in [0.25, 0.3) is 5.88 Å². The number of anilines is 1. The standard InChI is InChI=1S/C12H11F2N3O2/c1-18-7-2-4-8(5-3-7)19-12-10(14)6-9(13)11(16-12)17-15/h2-6H,15H2,1H3,(H,16,17). The van der Waals surface area contributed by atoms with Crippen LogP contribution < -0.4 is 20.7 Å². The molecule has 100 valence electrons. The fourth-order valence-electron chi connectivity index (χ4n) is 1.38. The number of ether oxygens (including phenoxy) is 2. The molecule has 0 bridgehead atoms. The first-order valence-corrected chi connectivity index (χ1v) is 5.28. The molecule has 0 radical (unpaired) electrons. The van der Waals surface area contributed by atoms with Crippen molar-refractivity contribution in [2.24, 2.45) is 5.84 Å². The number of halogens is 2. The van der Waals surface area contributed by atoms with Gasteiger partial charge in [-0.25, -0.2) is 14.6 Å². The van der Waals surface area contributed by atoms with Gasteiger partial charge in [-0.05, 0) is 24.3 Å². The van der Waals surface area contributed by atoms with Crippen molar-refractivity contribution in [3.63, 3.8) is 0 Å². The van der Waals surface area contributed by atoms with Gasteiger partial charge in [0, 0.05) is 6.07 Å². The van der Waals surface area contributed by atoms with E-state index in [1.165, 1.54) is 7.11 Å². The van der Waals surface area contributed by atoms with Gasteiger partial charge in [0.1, 0.15) is 11.5 Å². The third-order valence-electron chi connectivity index (χ3n) is 2.31. The molecule has 2 rings (SSSR count). The Morgan fingerprint density at radius 2 is 1.74 bits per heavy atom. The third-order valence-corrected chi connectivity index (χ3v) is 2.31. The molecule has 0 atom stereocenters. The van der Waals surface area contributed by atoms with Gasteiger partial charge < -0.3 is 14.9 Å². The van der Waals surface area contributed by atoms with Crippen molar-refractivity contribution >= 4 is 5.82 Å². The zero-order valence-corrected chi connectivity index (χ0v) is 9.98. The monoisotopic (exact) mass is 267 g/mol. The minimum atomic E-state index is -0.924. The number of nitrogens with zero attached hydrogens (tertiary/aromatic N) is 1. The molecule has 0 spiro atoms. The zero-order chi connectivity index (χ0) is 13.8. The van der Waals surface area contributed by atoms with Gasteiger partial charge in [-0.2, -0.15) is 4.98 Å². The summed E-state index contributed by atoms with van der Waals surface area (Å²) in [4.78, 5) is 3.59. The van der Waals surface area contributed by atoms with E-state index in [-0.39, 0.29) is 11.7 Å². The maximum absolute atomic E-state index is 13.5. The number of hydrazine groups is 1. The van der Waals surface area contributed by atoms with Gasteiger partial charge in [-0.3, -0.25) is 0 Å². The normalized spacial score (nSPS) is 10.1. The van der Waals surface area contributed by atoms with Crippen molar-refractivity contribution in [1.82, 2.24) is 4.98 Å². The minimum absolute atomic E-state index is 0.301. The highest BCUT2D eigenvalue weighted by atomic mass is 19.1. The lowest BCUT2D eigenvalue weighted by molar-refractivity contribution is 0.406. The largest absolute Gasteiger partial charge is 0.497 e. The van der Waals surface area contributed by atoms with Crippen LogP contribution >= 0.6 is 0 Å². The number of hydrogen-bond acceptors (Lipinski definition) is 5. The van der Waals surface area contributed by atoms with E-state index in [2.05, 4.69) is 4.98 Å². The predicted octanol–water partition coefficient (Wildman–Crippen LogP) is 2.45. The number of pyridine rings is 1. The average molecular weight is 267 g/mol. The number of rotatable bonds is 4. The molecule has 0 aliphatic heterocycles. The second-order valence-corrected chi connectivity index (χ2v) is 3.53. The van der Waals surface area contributed by atoms with Gasteiger partial charge in [0.15, 0.2) is 17.5 Å². The molecule has 0 unspecified atom stereocenters. The molecule has 1 heterocycles. The van der Waals surface area contributed by atoms with E-state index < -0.39 is 11.6 Å². The van der Waals surface area contributed by atoms with Crippen molar-refractivity contribution in [2.45, 2.75) is 0 Å². The van der Waals surface area contributed by atoms with E-state index in [1.807, 2.05) is 5.43 Å². The number of benzene rings is 1. The van der Waals surface area contributed by atoms with Crippen molar-refractivity contribution in [3.05, 3.63) is 42.0 Å². The Balaban J connectivity index is 2.26. The van der Waals surface area contributed by atoms with Crippen LogP contribution in [0, 0.1) is 11.6 Å². The van der Waals surface area contributed by atoms with Crippen LogP contribution in [-0.4, -0.2) is 12.1 Å². The smallest absolute Gasteiger partial charge is 0.258 e. The van der Waals surface area contributed by atoms with Crippen molar-refractivity contribution in [3.8, 4) is 17.4 Å². The van der Waals surface area contributed by atoms with E-state index >= 15 is 0 Å². The molecule has 19 heavy (non-hydrogen) atoms. The summed E-state index contributed by atoms with van der Waals surface area (Å²) in [5, 5.41) is 0. The summed E-state index contributed by atoms with van der Waals surface area (Å²) in [5.74, 6) is 3.52. The quantitative estimate of drug-likeness (QED) is 0.657. The second-order valence-electron chi connectivity index (χ2n) is 3.53. The van der Waals surface area contributed by atoms with Crippen LogP contribution in [0.5, 0.6) is 17.4 Å². The Labute approximate surface area is 107 Å². The number of nitrogen functional groups attached to an aromatic ring is 1. The van der Waals surface area contributed by atoms with Crippen molar-refractivity contribution in [1.29, 1.82) is 0 Å². The second kappa shape index (κ2) is 5.49. The Bertz CT molecular complexity index is 576. The highest BCUT2D eigenvalue weighted by Gasteiger charge is 2.13. The summed E-state index contributed by atoms with van der Waals surface area (Å²) in [7, 11) is 1.52. The van der Waals surface area contributed by atoms with Crippen LogP contribution in [0.2, 0.25) is 0 Å². The van der Waals surface area contributed by atoms with Crippen LogP contribution in [-0.2, 0) is 0 Å². The molecule has 5 nitrogen and oxygen atoms in total. The average Bonchev–Trinajstić information content (AvgIpc) is 2.42. The molecule has 1 aromatic carbocycles. The van der Waals surface area contributed by atoms with Crippen LogP contribution in [0.4, 0.5) is 14.6 Å². The zero-order valence-electron chi connectivity index (χ0n) is 9.98. The first kappa shape index (κ1) is 13.0. The fourth-order valence-corrected chi connectivity index (χ4v) is 1.38. The number of methoxy groups -OCH3 is 1. The molecule has 1 aromatic heterocycles. The Morgan fingerprint density at radius 3 is 2.32 bits per heavy atom. The summed E-state index contributed by atoms with van der Waals surface area (Å²) in [6, 6.07) is 7.05. The van der Waals surface area contributed by atoms with E-state index in [9.17, 15) is 8.78 Å².